The van der Waals surface area contributed by atoms with Crippen LogP contribution < -0.4 is 4.90 Å². The maximum Gasteiger partial charge on any atom is 0.0886 e. The fourth-order valence-corrected chi connectivity index (χ4v) is 5.66. The largest absolute Gasteiger partial charge is 0.367 e. The SMILES string of the molecule is Cn1cc(-c2cc3c(N4C[C@H]5CC[C@H](C4)N5C4CC(C#N)C4)ccnn3c2)cn1. The summed E-state index contributed by atoms with van der Waals surface area (Å²) in [5.74, 6) is 0.281. The molecule has 29 heavy (non-hydrogen) atoms. The normalized spacial score (nSPS) is 29.2. The van der Waals surface area contributed by atoms with E-state index in [1.165, 1.54) is 18.5 Å². The highest BCUT2D eigenvalue weighted by molar-refractivity contribution is 5.79. The average molecular weight is 387 g/mol. The quantitative estimate of drug-likeness (QED) is 0.691. The lowest BCUT2D eigenvalue weighted by molar-refractivity contribution is 0.0439. The summed E-state index contributed by atoms with van der Waals surface area (Å²) in [4.78, 5) is 5.31. The van der Waals surface area contributed by atoms with Crippen molar-refractivity contribution in [3.05, 3.63) is 36.9 Å². The Morgan fingerprint density at radius 1 is 1.03 bits per heavy atom. The van der Waals surface area contributed by atoms with Crippen LogP contribution >= 0.6 is 0 Å². The molecule has 3 aromatic heterocycles. The van der Waals surface area contributed by atoms with Crippen molar-refractivity contribution in [2.24, 2.45) is 13.0 Å². The van der Waals surface area contributed by atoms with Crippen molar-refractivity contribution < 1.29 is 0 Å². The second-order valence-corrected chi connectivity index (χ2v) is 8.87. The summed E-state index contributed by atoms with van der Waals surface area (Å²) in [6, 6.07) is 8.68. The molecule has 6 rings (SSSR count). The molecule has 1 saturated carbocycles. The smallest absolute Gasteiger partial charge is 0.0886 e. The predicted octanol–water partition coefficient (Wildman–Crippen LogP) is 2.69. The maximum atomic E-state index is 9.14. The van der Waals surface area contributed by atoms with Gasteiger partial charge in [0.2, 0.25) is 0 Å². The van der Waals surface area contributed by atoms with Crippen LogP contribution in [0.25, 0.3) is 16.6 Å². The number of fused-ring (bicyclic) bond motifs is 3. The molecule has 1 aliphatic carbocycles. The molecule has 0 amide bonds. The first kappa shape index (κ1) is 17.0. The molecule has 0 unspecified atom stereocenters. The van der Waals surface area contributed by atoms with Gasteiger partial charge in [-0.2, -0.15) is 15.5 Å². The number of aromatic nitrogens is 4. The highest BCUT2D eigenvalue weighted by Crippen LogP contribution is 2.42. The van der Waals surface area contributed by atoms with Crippen molar-refractivity contribution in [3.63, 3.8) is 0 Å². The highest BCUT2D eigenvalue weighted by Gasteiger charge is 2.47. The zero-order valence-corrected chi connectivity index (χ0v) is 16.6. The number of nitriles is 1. The summed E-state index contributed by atoms with van der Waals surface area (Å²) in [7, 11) is 1.94. The second kappa shape index (κ2) is 6.33. The number of nitrogens with zero attached hydrogens (tertiary/aromatic N) is 7. The molecular weight excluding hydrogens is 362 g/mol. The molecule has 2 aliphatic heterocycles. The zero-order valence-electron chi connectivity index (χ0n) is 16.6. The Morgan fingerprint density at radius 2 is 1.83 bits per heavy atom. The van der Waals surface area contributed by atoms with Crippen LogP contribution in [0.1, 0.15) is 25.7 Å². The van der Waals surface area contributed by atoms with Gasteiger partial charge in [0.15, 0.2) is 0 Å². The molecule has 5 heterocycles. The van der Waals surface area contributed by atoms with E-state index in [1.54, 1.807) is 0 Å². The first-order chi connectivity index (χ1) is 14.2. The van der Waals surface area contributed by atoms with E-state index in [0.29, 0.717) is 18.1 Å². The van der Waals surface area contributed by atoms with Crippen LogP contribution in [0, 0.1) is 17.2 Å². The van der Waals surface area contributed by atoms with E-state index in [1.807, 2.05) is 34.8 Å². The summed E-state index contributed by atoms with van der Waals surface area (Å²) in [5, 5.41) is 18.0. The van der Waals surface area contributed by atoms with Gasteiger partial charge in [-0.15, -0.1) is 0 Å². The van der Waals surface area contributed by atoms with E-state index in [0.717, 1.165) is 42.6 Å². The minimum absolute atomic E-state index is 0.281. The number of rotatable bonds is 3. The Kier molecular flexibility index (Phi) is 3.72. The molecular formula is C22H25N7. The van der Waals surface area contributed by atoms with Gasteiger partial charge in [0.05, 0.1) is 23.5 Å². The van der Waals surface area contributed by atoms with Gasteiger partial charge in [-0.1, -0.05) is 0 Å². The number of aryl methyl sites for hydroxylation is 1. The van der Waals surface area contributed by atoms with Gasteiger partial charge >= 0.3 is 0 Å². The Labute approximate surface area is 170 Å². The fraction of sp³-hybridized carbons (Fsp3) is 0.500. The molecule has 7 heteroatoms. The first-order valence-electron chi connectivity index (χ1n) is 10.6. The molecule has 2 bridgehead atoms. The monoisotopic (exact) mass is 387 g/mol. The van der Waals surface area contributed by atoms with Gasteiger partial charge in [0.1, 0.15) is 0 Å². The van der Waals surface area contributed by atoms with Crippen molar-refractivity contribution in [2.45, 2.75) is 43.8 Å². The maximum absolute atomic E-state index is 9.14. The average Bonchev–Trinajstić information content (AvgIpc) is 3.37. The number of hydrogen-bond acceptors (Lipinski definition) is 5. The van der Waals surface area contributed by atoms with Crippen LogP contribution in [-0.2, 0) is 7.05 Å². The zero-order chi connectivity index (χ0) is 19.5. The van der Waals surface area contributed by atoms with Gasteiger partial charge in [0.25, 0.3) is 0 Å². The van der Waals surface area contributed by atoms with Crippen molar-refractivity contribution >= 4 is 11.2 Å². The van der Waals surface area contributed by atoms with Crippen molar-refractivity contribution in [1.82, 2.24) is 24.3 Å². The lowest BCUT2D eigenvalue weighted by Crippen LogP contribution is -2.60. The molecule has 3 fully saturated rings. The van der Waals surface area contributed by atoms with E-state index in [4.69, 9.17) is 5.26 Å². The van der Waals surface area contributed by atoms with Crippen LogP contribution in [0.2, 0.25) is 0 Å². The van der Waals surface area contributed by atoms with Crippen molar-refractivity contribution in [3.8, 4) is 17.2 Å². The molecule has 148 valence electrons. The molecule has 2 atom stereocenters. The minimum Gasteiger partial charge on any atom is -0.367 e. The summed E-state index contributed by atoms with van der Waals surface area (Å²) in [5.41, 5.74) is 4.70. The molecule has 0 N–H and O–H groups in total. The Bertz CT molecular complexity index is 1090. The van der Waals surface area contributed by atoms with E-state index in [9.17, 15) is 0 Å². The molecule has 0 aromatic carbocycles. The topological polar surface area (TPSA) is 65.4 Å². The van der Waals surface area contributed by atoms with E-state index >= 15 is 0 Å². The molecule has 7 nitrogen and oxygen atoms in total. The van der Waals surface area contributed by atoms with Crippen molar-refractivity contribution in [1.29, 1.82) is 5.26 Å². The van der Waals surface area contributed by atoms with E-state index in [2.05, 4.69) is 44.4 Å². The Hall–Kier alpha value is -2.85. The van der Waals surface area contributed by atoms with Crippen LogP contribution in [-0.4, -0.2) is 55.5 Å². The molecule has 3 aromatic rings. The van der Waals surface area contributed by atoms with Gasteiger partial charge in [-0.25, -0.2) is 4.52 Å². The number of anilines is 1. The van der Waals surface area contributed by atoms with Crippen LogP contribution in [0.3, 0.4) is 0 Å². The predicted molar refractivity (Wildman–Crippen MR) is 110 cm³/mol. The summed E-state index contributed by atoms with van der Waals surface area (Å²) < 4.78 is 3.83. The first-order valence-corrected chi connectivity index (χ1v) is 10.6. The highest BCUT2D eigenvalue weighted by atomic mass is 15.4. The standard InChI is InChI=1S/C22H25N7/c1-26-11-17(10-25-26)16-8-22-21(4-5-24-28(22)12-16)27-13-18-2-3-19(14-27)29(18)20-6-15(7-20)9-23/h4-5,8,10-12,15,18-20H,2-3,6-7,13-14H2,1H3/t15?,18-,19-,20?/m1/s1. The summed E-state index contributed by atoms with van der Waals surface area (Å²) >= 11 is 0. The fourth-order valence-electron chi connectivity index (χ4n) is 5.66. The van der Waals surface area contributed by atoms with Gasteiger partial charge < -0.3 is 4.90 Å². The molecule has 0 radical (unpaired) electrons. The lowest BCUT2D eigenvalue weighted by Gasteiger charge is -2.49. The molecule has 2 saturated heterocycles. The summed E-state index contributed by atoms with van der Waals surface area (Å²) in [6.45, 7) is 2.13. The third kappa shape index (κ3) is 2.66. The number of hydrogen-bond donors (Lipinski definition) is 0. The minimum atomic E-state index is 0.281. The van der Waals surface area contributed by atoms with Gasteiger partial charge in [-0.3, -0.25) is 9.58 Å². The lowest BCUT2D eigenvalue weighted by atomic mass is 9.79. The van der Waals surface area contributed by atoms with Crippen LogP contribution in [0.15, 0.2) is 36.9 Å². The third-order valence-electron chi connectivity index (χ3n) is 7.12. The van der Waals surface area contributed by atoms with Gasteiger partial charge in [0, 0.05) is 73.9 Å². The Morgan fingerprint density at radius 3 is 2.52 bits per heavy atom. The van der Waals surface area contributed by atoms with E-state index in [-0.39, 0.29) is 5.92 Å². The third-order valence-corrected chi connectivity index (χ3v) is 7.12. The Balaban J connectivity index is 1.28. The van der Waals surface area contributed by atoms with E-state index < -0.39 is 0 Å². The van der Waals surface area contributed by atoms with Crippen molar-refractivity contribution in [2.75, 3.05) is 18.0 Å². The van der Waals surface area contributed by atoms with Gasteiger partial charge in [-0.05, 0) is 37.8 Å². The van der Waals surface area contributed by atoms with Crippen LogP contribution in [0.5, 0.6) is 0 Å². The number of piperazine rings is 1. The molecule has 3 aliphatic rings. The molecule has 0 spiro atoms. The second-order valence-electron chi connectivity index (χ2n) is 8.87. The summed E-state index contributed by atoms with van der Waals surface area (Å²) in [6.07, 6.45) is 12.6. The van der Waals surface area contributed by atoms with Crippen LogP contribution in [0.4, 0.5) is 5.69 Å².